The first-order valence-corrected chi connectivity index (χ1v) is 6.90. The molecule has 2 rings (SSSR count). The molecule has 0 N–H and O–H groups in total. The molecule has 2 heterocycles. The van der Waals surface area contributed by atoms with Crippen molar-refractivity contribution < 1.29 is 0 Å². The zero-order valence-electron chi connectivity index (χ0n) is 11.4. The third-order valence-electron chi connectivity index (χ3n) is 3.15. The number of hydrogen-bond donors (Lipinski definition) is 0. The quantitative estimate of drug-likeness (QED) is 0.780. The summed E-state index contributed by atoms with van der Waals surface area (Å²) in [4.78, 5) is 9.12. The summed E-state index contributed by atoms with van der Waals surface area (Å²) >= 11 is 6.24. The van der Waals surface area contributed by atoms with Gasteiger partial charge in [0.25, 0.3) is 0 Å². The number of halogens is 1. The fraction of sp³-hybridized carbons (Fsp3) is 0.571. The molecule has 0 amide bonds. The van der Waals surface area contributed by atoms with Crippen LogP contribution in [-0.2, 0) is 6.54 Å². The topological polar surface area (TPSA) is 30.7 Å². The smallest absolute Gasteiger partial charge is 0.160 e. The second kappa shape index (κ2) is 5.27. The molecule has 0 spiro atoms. The number of nitrogens with zero attached hydrogens (tertiary/aromatic N) is 3. The van der Waals surface area contributed by atoms with Crippen LogP contribution in [0.1, 0.15) is 44.0 Å². The lowest BCUT2D eigenvalue weighted by Gasteiger charge is -2.11. The van der Waals surface area contributed by atoms with E-state index in [0.29, 0.717) is 5.92 Å². The van der Waals surface area contributed by atoms with Crippen LogP contribution in [0.3, 0.4) is 0 Å². The van der Waals surface area contributed by atoms with E-state index in [1.807, 2.05) is 19.2 Å². The molecule has 0 aliphatic heterocycles. The highest BCUT2D eigenvalue weighted by atomic mass is 35.5. The number of hydrogen-bond acceptors (Lipinski definition) is 2. The first kappa shape index (κ1) is 13.3. The van der Waals surface area contributed by atoms with Gasteiger partial charge in [-0.1, -0.05) is 13.8 Å². The molecular formula is C14H20ClN3. The number of rotatable bonds is 4. The van der Waals surface area contributed by atoms with E-state index < -0.39 is 0 Å². The molecule has 2 aromatic rings. The predicted molar refractivity (Wildman–Crippen MR) is 76.0 cm³/mol. The molecule has 0 bridgehead atoms. The maximum atomic E-state index is 6.24. The van der Waals surface area contributed by atoms with Crippen LogP contribution in [-0.4, -0.2) is 14.5 Å². The highest BCUT2D eigenvalue weighted by Crippen LogP contribution is 2.25. The van der Waals surface area contributed by atoms with Crippen LogP contribution in [0.5, 0.6) is 0 Å². The van der Waals surface area contributed by atoms with Crippen LogP contribution in [0, 0.1) is 12.8 Å². The number of pyridine rings is 1. The van der Waals surface area contributed by atoms with Crippen LogP contribution in [0.4, 0.5) is 0 Å². The molecule has 0 aliphatic carbocycles. The minimum absolute atomic E-state index is 0.0919. The van der Waals surface area contributed by atoms with Crippen LogP contribution < -0.4 is 0 Å². The van der Waals surface area contributed by atoms with Gasteiger partial charge in [-0.15, -0.1) is 11.6 Å². The highest BCUT2D eigenvalue weighted by molar-refractivity contribution is 6.20. The Morgan fingerprint density at radius 2 is 2.06 bits per heavy atom. The summed E-state index contributed by atoms with van der Waals surface area (Å²) in [5.74, 6) is 1.58. The molecule has 1 atom stereocenters. The van der Waals surface area contributed by atoms with E-state index in [1.165, 1.54) is 0 Å². The summed E-state index contributed by atoms with van der Waals surface area (Å²) in [6.07, 6.45) is 2.95. The Labute approximate surface area is 113 Å². The predicted octanol–water partition coefficient (Wildman–Crippen LogP) is 4.09. The Morgan fingerprint density at radius 1 is 1.33 bits per heavy atom. The Hall–Kier alpha value is -1.09. The minimum Gasteiger partial charge on any atom is -0.311 e. The maximum absolute atomic E-state index is 6.24. The average molecular weight is 266 g/mol. The number of aromatic nitrogens is 3. The standard InChI is InChI=1S/C14H20ClN3/c1-9(2)6-8-18-13(11(4)15)17-12-10(3)5-7-16-14(12)18/h5,7,9,11H,6,8H2,1-4H3. The third-order valence-corrected chi connectivity index (χ3v) is 3.35. The first-order valence-electron chi connectivity index (χ1n) is 6.46. The van der Waals surface area contributed by atoms with E-state index >= 15 is 0 Å². The van der Waals surface area contributed by atoms with Crippen LogP contribution >= 0.6 is 11.6 Å². The zero-order valence-corrected chi connectivity index (χ0v) is 12.2. The van der Waals surface area contributed by atoms with Gasteiger partial charge in [-0.25, -0.2) is 9.97 Å². The molecule has 4 heteroatoms. The van der Waals surface area contributed by atoms with Crippen molar-refractivity contribution in [3.63, 3.8) is 0 Å². The van der Waals surface area contributed by atoms with Crippen molar-refractivity contribution in [2.75, 3.05) is 0 Å². The number of fused-ring (bicyclic) bond motifs is 1. The number of aryl methyl sites for hydroxylation is 2. The zero-order chi connectivity index (χ0) is 13.3. The largest absolute Gasteiger partial charge is 0.311 e. The van der Waals surface area contributed by atoms with Crippen molar-refractivity contribution in [1.29, 1.82) is 0 Å². The molecule has 0 aliphatic rings. The van der Waals surface area contributed by atoms with E-state index in [0.717, 1.165) is 35.5 Å². The van der Waals surface area contributed by atoms with Gasteiger partial charge >= 0.3 is 0 Å². The molecule has 0 saturated carbocycles. The number of alkyl halides is 1. The molecule has 1 unspecified atom stereocenters. The Kier molecular flexibility index (Phi) is 3.91. The molecular weight excluding hydrogens is 246 g/mol. The molecule has 0 radical (unpaired) electrons. The van der Waals surface area contributed by atoms with E-state index in [-0.39, 0.29) is 5.38 Å². The van der Waals surface area contributed by atoms with E-state index in [4.69, 9.17) is 11.6 Å². The summed E-state index contributed by atoms with van der Waals surface area (Å²) in [6.45, 7) is 9.40. The maximum Gasteiger partial charge on any atom is 0.160 e. The van der Waals surface area contributed by atoms with Crippen LogP contribution in [0.2, 0.25) is 0 Å². The SMILES string of the molecule is Cc1ccnc2c1nc(C(C)Cl)n2CCC(C)C. The van der Waals surface area contributed by atoms with Crippen LogP contribution in [0.15, 0.2) is 12.3 Å². The Balaban J connectivity index is 2.52. The van der Waals surface area contributed by atoms with Crippen molar-refractivity contribution >= 4 is 22.8 Å². The summed E-state index contributed by atoms with van der Waals surface area (Å²) in [6, 6.07) is 1.99. The normalized spacial score (nSPS) is 13.4. The molecule has 98 valence electrons. The van der Waals surface area contributed by atoms with Crippen molar-refractivity contribution in [2.24, 2.45) is 5.92 Å². The molecule has 0 fully saturated rings. The molecule has 0 saturated heterocycles. The average Bonchev–Trinajstić information content (AvgIpc) is 2.66. The molecule has 3 nitrogen and oxygen atoms in total. The Morgan fingerprint density at radius 3 is 2.67 bits per heavy atom. The Bertz CT molecular complexity index is 543. The van der Waals surface area contributed by atoms with E-state index in [1.54, 1.807) is 0 Å². The lowest BCUT2D eigenvalue weighted by atomic mass is 10.1. The summed E-state index contributed by atoms with van der Waals surface area (Å²) in [5.41, 5.74) is 3.09. The van der Waals surface area contributed by atoms with Crippen molar-refractivity contribution in [3.8, 4) is 0 Å². The fourth-order valence-corrected chi connectivity index (χ4v) is 2.23. The fourth-order valence-electron chi connectivity index (χ4n) is 2.07. The summed E-state index contributed by atoms with van der Waals surface area (Å²) in [5, 5.41) is -0.0919. The van der Waals surface area contributed by atoms with Gasteiger partial charge in [-0.3, -0.25) is 0 Å². The van der Waals surface area contributed by atoms with E-state index in [9.17, 15) is 0 Å². The van der Waals surface area contributed by atoms with Gasteiger partial charge in [0.15, 0.2) is 5.65 Å². The lowest BCUT2D eigenvalue weighted by Crippen LogP contribution is -2.07. The van der Waals surface area contributed by atoms with Gasteiger partial charge in [0.2, 0.25) is 0 Å². The van der Waals surface area contributed by atoms with Gasteiger partial charge in [-0.05, 0) is 37.8 Å². The minimum atomic E-state index is -0.0919. The van der Waals surface area contributed by atoms with Gasteiger partial charge in [-0.2, -0.15) is 0 Å². The lowest BCUT2D eigenvalue weighted by molar-refractivity contribution is 0.510. The highest BCUT2D eigenvalue weighted by Gasteiger charge is 2.16. The molecule has 18 heavy (non-hydrogen) atoms. The van der Waals surface area contributed by atoms with Crippen molar-refractivity contribution in [3.05, 3.63) is 23.7 Å². The summed E-state index contributed by atoms with van der Waals surface area (Å²) in [7, 11) is 0. The first-order chi connectivity index (χ1) is 8.50. The molecule has 2 aromatic heterocycles. The van der Waals surface area contributed by atoms with Gasteiger partial charge < -0.3 is 4.57 Å². The van der Waals surface area contributed by atoms with Crippen LogP contribution in [0.25, 0.3) is 11.2 Å². The monoisotopic (exact) mass is 265 g/mol. The van der Waals surface area contributed by atoms with E-state index in [2.05, 4.69) is 35.3 Å². The second-order valence-corrected chi connectivity index (χ2v) is 5.87. The van der Waals surface area contributed by atoms with Crippen molar-refractivity contribution in [1.82, 2.24) is 14.5 Å². The third kappa shape index (κ3) is 2.51. The van der Waals surface area contributed by atoms with Gasteiger partial charge in [0.05, 0.1) is 5.38 Å². The molecule has 0 aromatic carbocycles. The number of imidazole rings is 1. The summed E-state index contributed by atoms with van der Waals surface area (Å²) < 4.78 is 2.17. The van der Waals surface area contributed by atoms with Crippen molar-refractivity contribution in [2.45, 2.75) is 46.0 Å². The van der Waals surface area contributed by atoms with Gasteiger partial charge in [0, 0.05) is 12.7 Å². The van der Waals surface area contributed by atoms with Gasteiger partial charge in [0.1, 0.15) is 11.3 Å². The second-order valence-electron chi connectivity index (χ2n) is 5.22.